The first-order valence-corrected chi connectivity index (χ1v) is 4.86. The summed E-state index contributed by atoms with van der Waals surface area (Å²) in [4.78, 5) is 10.9. The fraction of sp³-hybridized carbons (Fsp3) is 0.308. The molecule has 0 radical (unpaired) electrons. The third kappa shape index (κ3) is 3.31. The van der Waals surface area contributed by atoms with Crippen LogP contribution in [0.5, 0.6) is 0 Å². The fourth-order valence-electron chi connectivity index (χ4n) is 1.17. The summed E-state index contributed by atoms with van der Waals surface area (Å²) in [7, 11) is 0. The van der Waals surface area contributed by atoms with Gasteiger partial charge < -0.3 is 0 Å². The second kappa shape index (κ2) is 4.39. The van der Waals surface area contributed by atoms with Crippen molar-refractivity contribution in [3.63, 3.8) is 0 Å². The van der Waals surface area contributed by atoms with Gasteiger partial charge >= 0.3 is 0 Å². The molecular weight excluding hydrogens is 191 g/mol. The Kier molecular flexibility index (Phi) is 3.40. The predicted molar refractivity (Wildman–Crippen MR) is 59.9 cm³/mol. The lowest BCUT2D eigenvalue weighted by molar-refractivity contribution is -0.105. The molecule has 2 heteroatoms. The van der Waals surface area contributed by atoms with Crippen LogP contribution in [0.3, 0.4) is 0 Å². The molecule has 0 aliphatic rings. The Morgan fingerprint density at radius 3 is 2.13 bits per heavy atom. The Morgan fingerprint density at radius 1 is 1.20 bits per heavy atom. The van der Waals surface area contributed by atoms with Crippen LogP contribution < -0.4 is 0 Å². The van der Waals surface area contributed by atoms with Crippen molar-refractivity contribution in [2.24, 2.45) is 5.41 Å². The van der Waals surface area contributed by atoms with Crippen molar-refractivity contribution in [3.05, 3.63) is 41.2 Å². The van der Waals surface area contributed by atoms with Gasteiger partial charge in [0.15, 0.2) is 0 Å². The molecule has 80 valence electrons. The largest absolute Gasteiger partial charge is 0.298 e. The van der Waals surface area contributed by atoms with Crippen LogP contribution in [0.1, 0.15) is 26.3 Å². The van der Waals surface area contributed by atoms with Gasteiger partial charge in [-0.3, -0.25) is 4.79 Å². The molecule has 0 saturated heterocycles. The molecule has 0 fully saturated rings. The Labute approximate surface area is 89.6 Å². The number of rotatable bonds is 2. The van der Waals surface area contributed by atoms with E-state index < -0.39 is 0 Å². The molecule has 0 aromatic heterocycles. The van der Waals surface area contributed by atoms with Crippen LogP contribution in [0.25, 0.3) is 6.08 Å². The smallest absolute Gasteiger partial charge is 0.146 e. The van der Waals surface area contributed by atoms with E-state index in [0.29, 0.717) is 5.57 Å². The summed E-state index contributed by atoms with van der Waals surface area (Å²) in [6.45, 7) is 5.91. The predicted octanol–water partition coefficient (Wildman–Crippen LogP) is 3.45. The van der Waals surface area contributed by atoms with Gasteiger partial charge in [0.1, 0.15) is 12.1 Å². The molecule has 0 spiro atoms. The van der Waals surface area contributed by atoms with E-state index in [2.05, 4.69) is 0 Å². The molecule has 1 rings (SSSR count). The molecule has 0 saturated carbocycles. The molecule has 0 aliphatic carbocycles. The van der Waals surface area contributed by atoms with Gasteiger partial charge in [-0.05, 0) is 34.8 Å². The third-order valence-electron chi connectivity index (χ3n) is 2.19. The lowest BCUT2D eigenvalue weighted by atomic mass is 9.86. The van der Waals surface area contributed by atoms with E-state index in [1.165, 1.54) is 12.1 Å². The molecule has 0 bridgehead atoms. The summed E-state index contributed by atoms with van der Waals surface area (Å²) >= 11 is 0. The lowest BCUT2D eigenvalue weighted by Crippen LogP contribution is -2.10. The van der Waals surface area contributed by atoms with Crippen LogP contribution in [0, 0.1) is 11.2 Å². The minimum Gasteiger partial charge on any atom is -0.298 e. The molecule has 0 N–H and O–H groups in total. The number of halogens is 1. The minimum absolute atomic E-state index is 0.184. The second-order valence-corrected chi connectivity index (χ2v) is 4.52. The number of hydrogen-bond donors (Lipinski definition) is 0. The highest BCUT2D eigenvalue weighted by Gasteiger charge is 2.15. The van der Waals surface area contributed by atoms with Crippen LogP contribution in [-0.4, -0.2) is 6.29 Å². The summed E-state index contributed by atoms with van der Waals surface area (Å²) in [5.41, 5.74) is 1.36. The minimum atomic E-state index is -0.268. The van der Waals surface area contributed by atoms with Crippen LogP contribution in [0.4, 0.5) is 4.39 Å². The van der Waals surface area contributed by atoms with Crippen molar-refractivity contribution in [1.82, 2.24) is 0 Å². The summed E-state index contributed by atoms with van der Waals surface area (Å²) < 4.78 is 12.6. The first kappa shape index (κ1) is 11.6. The normalized spacial score (nSPS) is 12.7. The Balaban J connectivity index is 3.04. The zero-order chi connectivity index (χ0) is 11.5. The summed E-state index contributed by atoms with van der Waals surface area (Å²) in [6.07, 6.45) is 2.63. The Morgan fingerprint density at radius 2 is 1.73 bits per heavy atom. The van der Waals surface area contributed by atoms with E-state index in [9.17, 15) is 9.18 Å². The summed E-state index contributed by atoms with van der Waals surface area (Å²) in [5, 5.41) is 0. The van der Waals surface area contributed by atoms with E-state index in [0.717, 1.165) is 11.8 Å². The maximum atomic E-state index is 12.6. The summed E-state index contributed by atoms with van der Waals surface area (Å²) in [5.74, 6) is -0.268. The van der Waals surface area contributed by atoms with Gasteiger partial charge in [0.05, 0.1) is 0 Å². The average molecular weight is 206 g/mol. The number of hydrogen-bond acceptors (Lipinski definition) is 1. The quantitative estimate of drug-likeness (QED) is 0.535. The van der Waals surface area contributed by atoms with Crippen molar-refractivity contribution < 1.29 is 9.18 Å². The number of allylic oxidation sites excluding steroid dienone is 1. The Bertz CT molecular complexity index is 369. The van der Waals surface area contributed by atoms with Crippen molar-refractivity contribution in [3.8, 4) is 0 Å². The lowest BCUT2D eigenvalue weighted by Gasteiger charge is -2.18. The van der Waals surface area contributed by atoms with Crippen LogP contribution in [0.15, 0.2) is 29.8 Å². The van der Waals surface area contributed by atoms with E-state index in [1.54, 1.807) is 18.2 Å². The monoisotopic (exact) mass is 206 g/mol. The molecule has 15 heavy (non-hydrogen) atoms. The highest BCUT2D eigenvalue weighted by molar-refractivity contribution is 5.83. The highest BCUT2D eigenvalue weighted by atomic mass is 19.1. The van der Waals surface area contributed by atoms with E-state index >= 15 is 0 Å². The van der Waals surface area contributed by atoms with E-state index in [4.69, 9.17) is 0 Å². The first-order valence-electron chi connectivity index (χ1n) is 4.86. The van der Waals surface area contributed by atoms with E-state index in [-0.39, 0.29) is 11.2 Å². The average Bonchev–Trinajstić information content (AvgIpc) is 2.15. The molecule has 1 aromatic carbocycles. The van der Waals surface area contributed by atoms with Gasteiger partial charge in [-0.1, -0.05) is 32.9 Å². The molecule has 0 atom stereocenters. The molecule has 0 unspecified atom stereocenters. The van der Waals surface area contributed by atoms with Gasteiger partial charge in [-0.2, -0.15) is 0 Å². The standard InChI is InChI=1S/C13H15FO/c1-13(2,3)11(9-15)8-10-4-6-12(14)7-5-10/h4-9H,1-3H3/b11-8+. The highest BCUT2D eigenvalue weighted by Crippen LogP contribution is 2.25. The van der Waals surface area contributed by atoms with Gasteiger partial charge in [0.25, 0.3) is 0 Å². The number of carbonyl (C=O) groups is 1. The van der Waals surface area contributed by atoms with Crippen LogP contribution in [-0.2, 0) is 4.79 Å². The zero-order valence-corrected chi connectivity index (χ0v) is 9.25. The molecule has 0 aliphatic heterocycles. The van der Waals surface area contributed by atoms with Crippen molar-refractivity contribution in [2.75, 3.05) is 0 Å². The fourth-order valence-corrected chi connectivity index (χ4v) is 1.17. The maximum Gasteiger partial charge on any atom is 0.146 e. The molecular formula is C13H15FO. The number of benzene rings is 1. The molecule has 0 amide bonds. The van der Waals surface area contributed by atoms with Crippen LogP contribution >= 0.6 is 0 Å². The van der Waals surface area contributed by atoms with Gasteiger partial charge in [0.2, 0.25) is 0 Å². The molecule has 0 heterocycles. The first-order chi connectivity index (χ1) is 6.93. The molecule has 1 nitrogen and oxygen atoms in total. The van der Waals surface area contributed by atoms with Crippen molar-refractivity contribution in [2.45, 2.75) is 20.8 Å². The SMILES string of the molecule is CC(C)(C)/C(C=O)=C/c1ccc(F)cc1. The maximum absolute atomic E-state index is 12.6. The molecule has 1 aromatic rings. The van der Waals surface area contributed by atoms with Gasteiger partial charge in [-0.25, -0.2) is 4.39 Å². The third-order valence-corrected chi connectivity index (χ3v) is 2.19. The van der Waals surface area contributed by atoms with Crippen molar-refractivity contribution >= 4 is 12.4 Å². The van der Waals surface area contributed by atoms with Crippen molar-refractivity contribution in [1.29, 1.82) is 0 Å². The topological polar surface area (TPSA) is 17.1 Å². The summed E-state index contributed by atoms with van der Waals surface area (Å²) in [6, 6.07) is 6.09. The number of carbonyl (C=O) groups excluding carboxylic acids is 1. The van der Waals surface area contributed by atoms with Gasteiger partial charge in [0, 0.05) is 0 Å². The van der Waals surface area contributed by atoms with Gasteiger partial charge in [-0.15, -0.1) is 0 Å². The van der Waals surface area contributed by atoms with Crippen LogP contribution in [0.2, 0.25) is 0 Å². The zero-order valence-electron chi connectivity index (χ0n) is 9.25. The van der Waals surface area contributed by atoms with E-state index in [1.807, 2.05) is 20.8 Å². The second-order valence-electron chi connectivity index (χ2n) is 4.52. The number of aldehydes is 1. The Hall–Kier alpha value is -1.44.